The second-order valence-electron chi connectivity index (χ2n) is 7.43. The van der Waals surface area contributed by atoms with Crippen LogP contribution in [0.5, 0.6) is 5.75 Å². The minimum Gasteiger partial charge on any atom is -0.494 e. The Bertz CT molecular complexity index is 1110. The van der Waals surface area contributed by atoms with Gasteiger partial charge in [-0.1, -0.05) is 60.2 Å². The van der Waals surface area contributed by atoms with Gasteiger partial charge in [-0.05, 0) is 49.2 Å². The lowest BCUT2D eigenvalue weighted by atomic mass is 10.1. The molecule has 168 valence electrons. The van der Waals surface area contributed by atoms with Gasteiger partial charge in [0.15, 0.2) is 0 Å². The number of aryl methyl sites for hydroxylation is 1. The predicted molar refractivity (Wildman–Crippen MR) is 125 cm³/mol. The molecule has 0 fully saturated rings. The third kappa shape index (κ3) is 6.42. The molecule has 3 rings (SSSR count). The standard InChI is InChI=1S/C25H28N2O4S/c1-3-31-23-13-15-24(16-14-23)32(29,30)27(18-22-7-5-4-6-8-22)19-25(28)26-17-21-11-9-20(2)10-12-21/h4-16H,3,17-19H2,1-2H3,(H,26,28). The molecule has 0 aliphatic carbocycles. The van der Waals surface area contributed by atoms with E-state index in [2.05, 4.69) is 5.32 Å². The van der Waals surface area contributed by atoms with Crippen LogP contribution in [0.3, 0.4) is 0 Å². The Morgan fingerprint density at radius 3 is 2.19 bits per heavy atom. The van der Waals surface area contributed by atoms with Gasteiger partial charge in [-0.3, -0.25) is 4.79 Å². The first kappa shape index (κ1) is 23.5. The lowest BCUT2D eigenvalue weighted by Gasteiger charge is -2.22. The van der Waals surface area contributed by atoms with Crippen molar-refractivity contribution in [3.8, 4) is 5.75 Å². The number of sulfonamides is 1. The van der Waals surface area contributed by atoms with Crippen LogP contribution in [0, 0.1) is 6.92 Å². The molecule has 0 bridgehead atoms. The molecular weight excluding hydrogens is 424 g/mol. The molecule has 3 aromatic carbocycles. The maximum absolute atomic E-state index is 13.4. The highest BCUT2D eigenvalue weighted by atomic mass is 32.2. The smallest absolute Gasteiger partial charge is 0.243 e. The Kier molecular flexibility index (Phi) is 8.03. The molecule has 0 unspecified atom stereocenters. The maximum Gasteiger partial charge on any atom is 0.243 e. The molecule has 0 heterocycles. The molecule has 0 spiro atoms. The van der Waals surface area contributed by atoms with Crippen molar-refractivity contribution in [1.82, 2.24) is 9.62 Å². The highest BCUT2D eigenvalue weighted by Crippen LogP contribution is 2.21. The lowest BCUT2D eigenvalue weighted by molar-refractivity contribution is -0.121. The molecular formula is C25H28N2O4S. The summed E-state index contributed by atoms with van der Waals surface area (Å²) >= 11 is 0. The largest absolute Gasteiger partial charge is 0.494 e. The quantitative estimate of drug-likeness (QED) is 0.506. The number of hydrogen-bond donors (Lipinski definition) is 1. The number of ether oxygens (including phenoxy) is 1. The van der Waals surface area contributed by atoms with E-state index in [0.717, 1.165) is 16.7 Å². The minimum atomic E-state index is -3.90. The molecule has 0 saturated heterocycles. The van der Waals surface area contributed by atoms with E-state index < -0.39 is 10.0 Å². The number of hydrogen-bond acceptors (Lipinski definition) is 4. The van der Waals surface area contributed by atoms with Gasteiger partial charge in [-0.15, -0.1) is 0 Å². The van der Waals surface area contributed by atoms with Crippen LogP contribution < -0.4 is 10.1 Å². The molecule has 7 heteroatoms. The molecule has 0 aliphatic heterocycles. The number of rotatable bonds is 10. The summed E-state index contributed by atoms with van der Waals surface area (Å²) in [5.74, 6) is 0.230. The zero-order valence-corrected chi connectivity index (χ0v) is 19.1. The van der Waals surface area contributed by atoms with Crippen LogP contribution in [0.4, 0.5) is 0 Å². The van der Waals surface area contributed by atoms with E-state index in [4.69, 9.17) is 4.74 Å². The fraction of sp³-hybridized carbons (Fsp3) is 0.240. The molecule has 0 radical (unpaired) electrons. The van der Waals surface area contributed by atoms with Gasteiger partial charge in [-0.2, -0.15) is 4.31 Å². The summed E-state index contributed by atoms with van der Waals surface area (Å²) in [4.78, 5) is 12.8. The van der Waals surface area contributed by atoms with Crippen molar-refractivity contribution in [3.05, 3.63) is 95.6 Å². The molecule has 6 nitrogen and oxygen atoms in total. The van der Waals surface area contributed by atoms with Gasteiger partial charge in [0.25, 0.3) is 0 Å². The number of nitrogens with zero attached hydrogens (tertiary/aromatic N) is 1. The number of amides is 1. The van der Waals surface area contributed by atoms with E-state index in [9.17, 15) is 13.2 Å². The average molecular weight is 453 g/mol. The highest BCUT2D eigenvalue weighted by molar-refractivity contribution is 7.89. The van der Waals surface area contributed by atoms with E-state index in [1.165, 1.54) is 16.4 Å². The average Bonchev–Trinajstić information content (AvgIpc) is 2.79. The van der Waals surface area contributed by atoms with Crippen molar-refractivity contribution in [2.75, 3.05) is 13.2 Å². The second-order valence-corrected chi connectivity index (χ2v) is 9.36. The van der Waals surface area contributed by atoms with Gasteiger partial charge < -0.3 is 10.1 Å². The summed E-state index contributed by atoms with van der Waals surface area (Å²) < 4.78 is 33.3. The first-order valence-corrected chi connectivity index (χ1v) is 11.9. The van der Waals surface area contributed by atoms with Crippen molar-refractivity contribution in [3.63, 3.8) is 0 Å². The Morgan fingerprint density at radius 2 is 1.56 bits per heavy atom. The van der Waals surface area contributed by atoms with E-state index in [-0.39, 0.29) is 23.9 Å². The van der Waals surface area contributed by atoms with E-state index in [0.29, 0.717) is 18.9 Å². The van der Waals surface area contributed by atoms with Crippen molar-refractivity contribution in [1.29, 1.82) is 0 Å². The third-order valence-electron chi connectivity index (χ3n) is 4.90. The highest BCUT2D eigenvalue weighted by Gasteiger charge is 2.27. The summed E-state index contributed by atoms with van der Waals surface area (Å²) in [7, 11) is -3.90. The number of nitrogens with one attached hydrogen (secondary N) is 1. The minimum absolute atomic E-state index is 0.0916. The van der Waals surface area contributed by atoms with E-state index in [1.54, 1.807) is 12.1 Å². The van der Waals surface area contributed by atoms with Gasteiger partial charge in [0, 0.05) is 13.1 Å². The van der Waals surface area contributed by atoms with Gasteiger partial charge >= 0.3 is 0 Å². The zero-order valence-electron chi connectivity index (χ0n) is 18.3. The van der Waals surface area contributed by atoms with Gasteiger partial charge in [0.2, 0.25) is 15.9 Å². The monoisotopic (exact) mass is 452 g/mol. The summed E-state index contributed by atoms with van der Waals surface area (Å²) in [6, 6.07) is 23.3. The van der Waals surface area contributed by atoms with Crippen LogP contribution in [0.2, 0.25) is 0 Å². The van der Waals surface area contributed by atoms with Crippen LogP contribution in [-0.4, -0.2) is 31.8 Å². The number of carbonyl (C=O) groups is 1. The Morgan fingerprint density at radius 1 is 0.906 bits per heavy atom. The Balaban J connectivity index is 1.77. The summed E-state index contributed by atoms with van der Waals surface area (Å²) in [6.45, 7) is 4.50. The molecule has 32 heavy (non-hydrogen) atoms. The third-order valence-corrected chi connectivity index (χ3v) is 6.71. The first-order valence-electron chi connectivity index (χ1n) is 10.5. The van der Waals surface area contributed by atoms with Gasteiger partial charge in [0.05, 0.1) is 18.0 Å². The normalized spacial score (nSPS) is 11.3. The fourth-order valence-corrected chi connectivity index (χ4v) is 4.54. The van der Waals surface area contributed by atoms with Crippen molar-refractivity contribution >= 4 is 15.9 Å². The Labute approximate surface area is 189 Å². The fourth-order valence-electron chi connectivity index (χ4n) is 3.16. The van der Waals surface area contributed by atoms with Crippen LogP contribution in [0.25, 0.3) is 0 Å². The summed E-state index contributed by atoms with van der Waals surface area (Å²) in [5, 5.41) is 2.82. The molecule has 1 amide bonds. The first-order chi connectivity index (χ1) is 15.4. The molecule has 3 aromatic rings. The van der Waals surface area contributed by atoms with Crippen LogP contribution >= 0.6 is 0 Å². The second kappa shape index (κ2) is 10.9. The van der Waals surface area contributed by atoms with Crippen LogP contribution in [0.1, 0.15) is 23.6 Å². The molecule has 0 aromatic heterocycles. The van der Waals surface area contributed by atoms with Crippen LogP contribution in [0.15, 0.2) is 83.8 Å². The van der Waals surface area contributed by atoms with E-state index >= 15 is 0 Å². The molecule has 1 N–H and O–H groups in total. The molecule has 0 aliphatic rings. The number of benzene rings is 3. The van der Waals surface area contributed by atoms with Crippen LogP contribution in [-0.2, 0) is 27.9 Å². The molecule has 0 atom stereocenters. The summed E-state index contributed by atoms with van der Waals surface area (Å²) in [5.41, 5.74) is 2.89. The summed E-state index contributed by atoms with van der Waals surface area (Å²) in [6.07, 6.45) is 0. The van der Waals surface area contributed by atoms with Crippen molar-refractivity contribution < 1.29 is 17.9 Å². The zero-order chi connectivity index (χ0) is 23.0. The lowest BCUT2D eigenvalue weighted by Crippen LogP contribution is -2.40. The van der Waals surface area contributed by atoms with Gasteiger partial charge in [0.1, 0.15) is 5.75 Å². The molecule has 0 saturated carbocycles. The van der Waals surface area contributed by atoms with Gasteiger partial charge in [-0.25, -0.2) is 8.42 Å². The Hall–Kier alpha value is -3.16. The van der Waals surface area contributed by atoms with Crippen molar-refractivity contribution in [2.45, 2.75) is 31.8 Å². The SMILES string of the molecule is CCOc1ccc(S(=O)(=O)N(CC(=O)NCc2ccc(C)cc2)Cc2ccccc2)cc1. The predicted octanol–water partition coefficient (Wildman–Crippen LogP) is 3.90. The number of carbonyl (C=O) groups excluding carboxylic acids is 1. The topological polar surface area (TPSA) is 75.7 Å². The van der Waals surface area contributed by atoms with E-state index in [1.807, 2.05) is 68.4 Å². The van der Waals surface area contributed by atoms with Crippen molar-refractivity contribution in [2.24, 2.45) is 0 Å². The maximum atomic E-state index is 13.4.